The molecule has 22 heavy (non-hydrogen) atoms. The van der Waals surface area contributed by atoms with Gasteiger partial charge in [0.1, 0.15) is 0 Å². The highest BCUT2D eigenvalue weighted by Crippen LogP contribution is 2.25. The van der Waals surface area contributed by atoms with Crippen LogP contribution in [0, 0.1) is 0 Å². The van der Waals surface area contributed by atoms with E-state index in [0.29, 0.717) is 11.5 Å². The van der Waals surface area contributed by atoms with Gasteiger partial charge in [0.15, 0.2) is 0 Å². The first-order chi connectivity index (χ1) is 10.8. The normalized spacial score (nSPS) is 10.6. The minimum atomic E-state index is -0.253. The summed E-state index contributed by atoms with van der Waals surface area (Å²) in [5, 5.41) is 14.3. The summed E-state index contributed by atoms with van der Waals surface area (Å²) in [5.41, 5.74) is 1.45. The summed E-state index contributed by atoms with van der Waals surface area (Å²) in [6, 6.07) is 9.44. The summed E-state index contributed by atoms with van der Waals surface area (Å²) in [4.78, 5) is 13.3. The zero-order chi connectivity index (χ0) is 15.4. The Morgan fingerprint density at radius 1 is 1.32 bits per heavy atom. The van der Waals surface area contributed by atoms with Crippen LogP contribution in [0.15, 0.2) is 50.4 Å². The maximum atomic E-state index is 12.4. The summed E-state index contributed by atoms with van der Waals surface area (Å²) in [6.45, 7) is 2.05. The lowest BCUT2D eigenvalue weighted by atomic mass is 10.2. The van der Waals surface area contributed by atoms with Crippen molar-refractivity contribution in [2.75, 3.05) is 11.1 Å². The van der Waals surface area contributed by atoms with E-state index in [1.54, 1.807) is 29.2 Å². The molecule has 0 saturated carbocycles. The van der Waals surface area contributed by atoms with Crippen LogP contribution in [0.1, 0.15) is 17.3 Å². The summed E-state index contributed by atoms with van der Waals surface area (Å²) < 4.78 is 5.47. The summed E-state index contributed by atoms with van der Waals surface area (Å²) in [5.74, 6) is 1.04. The molecule has 3 rings (SSSR count). The Kier molecular flexibility index (Phi) is 4.55. The molecule has 0 radical (unpaired) electrons. The average Bonchev–Trinajstić information content (AvgIpc) is 3.19. The molecule has 1 N–H and O–H groups in total. The molecule has 0 atom stereocenters. The van der Waals surface area contributed by atoms with Crippen molar-refractivity contribution in [1.82, 2.24) is 10.2 Å². The van der Waals surface area contributed by atoms with Crippen molar-refractivity contribution in [2.24, 2.45) is 0 Å². The fourth-order valence-corrected chi connectivity index (χ4v) is 3.31. The van der Waals surface area contributed by atoms with Gasteiger partial charge in [0.05, 0.1) is 5.56 Å². The molecule has 112 valence electrons. The van der Waals surface area contributed by atoms with Gasteiger partial charge in [-0.05, 0) is 29.3 Å². The lowest BCUT2D eigenvalue weighted by Crippen LogP contribution is -2.13. The van der Waals surface area contributed by atoms with Gasteiger partial charge < -0.3 is 4.42 Å². The van der Waals surface area contributed by atoms with E-state index in [0.717, 1.165) is 16.2 Å². The number of nitrogens with zero attached hydrogens (tertiary/aromatic N) is 2. The Hall–Kier alpha value is -2.12. The molecule has 0 bridgehead atoms. The number of thiophene rings is 1. The van der Waals surface area contributed by atoms with Crippen LogP contribution in [0.3, 0.4) is 0 Å². The lowest BCUT2D eigenvalue weighted by molar-refractivity contribution is 0.102. The van der Waals surface area contributed by atoms with Crippen LogP contribution in [-0.2, 0) is 0 Å². The molecule has 0 aliphatic carbocycles. The van der Waals surface area contributed by atoms with Gasteiger partial charge in [-0.25, -0.2) is 0 Å². The number of carbonyl (C=O) groups is 1. The molecule has 2 heterocycles. The van der Waals surface area contributed by atoms with Gasteiger partial charge in [-0.2, -0.15) is 11.3 Å². The predicted molar refractivity (Wildman–Crippen MR) is 88.4 cm³/mol. The number of aromatic nitrogens is 2. The van der Waals surface area contributed by atoms with E-state index in [9.17, 15) is 4.79 Å². The largest absolute Gasteiger partial charge is 0.403 e. The zero-order valence-electron chi connectivity index (χ0n) is 11.8. The van der Waals surface area contributed by atoms with Gasteiger partial charge in [-0.15, -0.1) is 16.9 Å². The SMILES string of the molecule is CCSc1ccccc1C(=O)Nc1nnc(-c2ccsc2)o1. The van der Waals surface area contributed by atoms with Crippen LogP contribution in [-0.4, -0.2) is 21.9 Å². The fraction of sp³-hybridized carbons (Fsp3) is 0.133. The highest BCUT2D eigenvalue weighted by molar-refractivity contribution is 7.99. The van der Waals surface area contributed by atoms with Crippen molar-refractivity contribution in [3.05, 3.63) is 46.7 Å². The molecule has 3 aromatic rings. The molecule has 2 aromatic heterocycles. The second-order valence-corrected chi connectivity index (χ2v) is 6.39. The first-order valence-electron chi connectivity index (χ1n) is 6.67. The minimum absolute atomic E-state index is 0.0995. The second kappa shape index (κ2) is 6.76. The van der Waals surface area contributed by atoms with E-state index in [2.05, 4.69) is 15.5 Å². The van der Waals surface area contributed by atoms with Crippen molar-refractivity contribution >= 4 is 35.0 Å². The first kappa shape index (κ1) is 14.8. The number of amides is 1. The van der Waals surface area contributed by atoms with Crippen molar-refractivity contribution < 1.29 is 9.21 Å². The Morgan fingerprint density at radius 3 is 2.95 bits per heavy atom. The molecule has 0 aliphatic rings. The predicted octanol–water partition coefficient (Wildman–Crippen LogP) is 4.16. The summed E-state index contributed by atoms with van der Waals surface area (Å²) in [7, 11) is 0. The highest BCUT2D eigenvalue weighted by atomic mass is 32.2. The number of hydrogen-bond acceptors (Lipinski definition) is 6. The molecule has 1 aromatic carbocycles. The van der Waals surface area contributed by atoms with E-state index in [-0.39, 0.29) is 11.9 Å². The standard InChI is InChI=1S/C15H13N3O2S2/c1-2-22-12-6-4-3-5-11(12)13(19)16-15-18-17-14(20-15)10-7-8-21-9-10/h3-9H,2H2,1H3,(H,16,18,19). The third-order valence-corrected chi connectivity index (χ3v) is 4.48. The Labute approximate surface area is 135 Å². The van der Waals surface area contributed by atoms with E-state index in [4.69, 9.17) is 4.42 Å². The van der Waals surface area contributed by atoms with Gasteiger partial charge in [0, 0.05) is 15.8 Å². The van der Waals surface area contributed by atoms with E-state index in [1.807, 2.05) is 41.9 Å². The molecule has 5 nitrogen and oxygen atoms in total. The van der Waals surface area contributed by atoms with Gasteiger partial charge in [0.25, 0.3) is 11.8 Å². The molecule has 1 amide bonds. The summed E-state index contributed by atoms with van der Waals surface area (Å²) in [6.07, 6.45) is 0. The molecular formula is C15H13N3O2S2. The third-order valence-electron chi connectivity index (χ3n) is 2.85. The van der Waals surface area contributed by atoms with Gasteiger partial charge in [-0.1, -0.05) is 24.2 Å². The van der Waals surface area contributed by atoms with Gasteiger partial charge in [0.2, 0.25) is 0 Å². The van der Waals surface area contributed by atoms with E-state index in [1.165, 1.54) is 0 Å². The van der Waals surface area contributed by atoms with Gasteiger partial charge >= 0.3 is 6.01 Å². The zero-order valence-corrected chi connectivity index (χ0v) is 13.4. The molecule has 0 saturated heterocycles. The Morgan fingerprint density at radius 2 is 2.18 bits per heavy atom. The average molecular weight is 331 g/mol. The minimum Gasteiger partial charge on any atom is -0.403 e. The van der Waals surface area contributed by atoms with Crippen LogP contribution >= 0.6 is 23.1 Å². The second-order valence-electron chi connectivity index (χ2n) is 4.31. The van der Waals surface area contributed by atoms with Crippen molar-refractivity contribution in [3.63, 3.8) is 0 Å². The van der Waals surface area contributed by atoms with E-state index < -0.39 is 0 Å². The quantitative estimate of drug-likeness (QED) is 0.711. The Balaban J connectivity index is 1.77. The number of carbonyl (C=O) groups excluding carboxylic acids is 1. The number of anilines is 1. The van der Waals surface area contributed by atoms with Crippen molar-refractivity contribution in [3.8, 4) is 11.5 Å². The van der Waals surface area contributed by atoms with E-state index >= 15 is 0 Å². The maximum absolute atomic E-state index is 12.4. The highest BCUT2D eigenvalue weighted by Gasteiger charge is 2.15. The monoisotopic (exact) mass is 331 g/mol. The number of hydrogen-bond donors (Lipinski definition) is 1. The molecule has 0 fully saturated rings. The fourth-order valence-electron chi connectivity index (χ4n) is 1.88. The van der Waals surface area contributed by atoms with Crippen LogP contribution in [0.25, 0.3) is 11.5 Å². The topological polar surface area (TPSA) is 68.0 Å². The van der Waals surface area contributed by atoms with Crippen LogP contribution in [0.4, 0.5) is 6.01 Å². The molecule has 7 heteroatoms. The maximum Gasteiger partial charge on any atom is 0.322 e. The van der Waals surface area contributed by atoms with Crippen molar-refractivity contribution in [1.29, 1.82) is 0 Å². The van der Waals surface area contributed by atoms with Crippen LogP contribution in [0.2, 0.25) is 0 Å². The lowest BCUT2D eigenvalue weighted by Gasteiger charge is -2.06. The molecule has 0 unspecified atom stereocenters. The number of thioether (sulfide) groups is 1. The van der Waals surface area contributed by atoms with Crippen LogP contribution < -0.4 is 5.32 Å². The van der Waals surface area contributed by atoms with Crippen molar-refractivity contribution in [2.45, 2.75) is 11.8 Å². The summed E-state index contributed by atoms with van der Waals surface area (Å²) >= 11 is 3.16. The Bertz CT molecular complexity index is 769. The first-order valence-corrected chi connectivity index (χ1v) is 8.60. The number of rotatable bonds is 5. The number of benzene rings is 1. The molecule has 0 aliphatic heterocycles. The third kappa shape index (κ3) is 3.20. The smallest absolute Gasteiger partial charge is 0.322 e. The van der Waals surface area contributed by atoms with Gasteiger partial charge in [-0.3, -0.25) is 10.1 Å². The molecule has 0 spiro atoms. The van der Waals surface area contributed by atoms with Crippen LogP contribution in [0.5, 0.6) is 0 Å². The molecular weight excluding hydrogens is 318 g/mol. The number of nitrogens with one attached hydrogen (secondary N) is 1.